The second-order valence-electron chi connectivity index (χ2n) is 5.97. The summed E-state index contributed by atoms with van der Waals surface area (Å²) in [6.07, 6.45) is 0. The summed E-state index contributed by atoms with van der Waals surface area (Å²) in [6, 6.07) is 30.0. The highest BCUT2D eigenvalue weighted by atomic mass is 32.1. The molecule has 1 heterocycles. The lowest BCUT2D eigenvalue weighted by molar-refractivity contribution is 1.57. The van der Waals surface area contributed by atoms with Gasteiger partial charge in [0.05, 0.1) is 0 Å². The van der Waals surface area contributed by atoms with Crippen LogP contribution < -0.4 is 5.32 Å². The summed E-state index contributed by atoms with van der Waals surface area (Å²) < 4.78 is 2.70. The molecule has 24 heavy (non-hydrogen) atoms. The van der Waals surface area contributed by atoms with E-state index in [2.05, 4.69) is 72.0 Å². The van der Waals surface area contributed by atoms with E-state index >= 15 is 0 Å². The van der Waals surface area contributed by atoms with Gasteiger partial charge in [0.15, 0.2) is 0 Å². The monoisotopic (exact) mass is 325 g/mol. The van der Waals surface area contributed by atoms with Crippen molar-refractivity contribution in [1.29, 1.82) is 0 Å². The summed E-state index contributed by atoms with van der Waals surface area (Å²) in [5, 5.41) is 8.81. The minimum absolute atomic E-state index is 1.11. The van der Waals surface area contributed by atoms with E-state index < -0.39 is 0 Å². The average Bonchev–Trinajstić information content (AvgIpc) is 3.01. The summed E-state index contributed by atoms with van der Waals surface area (Å²) in [6.45, 7) is 0. The molecule has 0 aliphatic rings. The first-order chi connectivity index (χ1) is 11.9. The van der Waals surface area contributed by atoms with Crippen molar-refractivity contribution in [3.63, 3.8) is 0 Å². The van der Waals surface area contributed by atoms with Gasteiger partial charge in [-0.1, -0.05) is 60.7 Å². The molecule has 2 heteroatoms. The zero-order valence-electron chi connectivity index (χ0n) is 13.0. The van der Waals surface area contributed by atoms with Crippen molar-refractivity contribution in [3.8, 4) is 0 Å². The number of para-hydroxylation sites is 1. The Labute approximate surface area is 144 Å². The number of fused-ring (bicyclic) bond motifs is 5. The van der Waals surface area contributed by atoms with Gasteiger partial charge in [0, 0.05) is 31.5 Å². The zero-order chi connectivity index (χ0) is 15.9. The van der Waals surface area contributed by atoms with Crippen molar-refractivity contribution in [2.24, 2.45) is 0 Å². The van der Waals surface area contributed by atoms with Gasteiger partial charge < -0.3 is 5.32 Å². The first kappa shape index (κ1) is 13.6. The highest BCUT2D eigenvalue weighted by molar-refractivity contribution is 7.26. The predicted molar refractivity (Wildman–Crippen MR) is 107 cm³/mol. The fraction of sp³-hybridized carbons (Fsp3) is 0. The van der Waals surface area contributed by atoms with Crippen molar-refractivity contribution in [2.75, 3.05) is 5.32 Å². The van der Waals surface area contributed by atoms with Gasteiger partial charge in [0.25, 0.3) is 0 Å². The van der Waals surface area contributed by atoms with E-state index in [1.54, 1.807) is 0 Å². The number of nitrogens with one attached hydrogen (secondary N) is 1. The van der Waals surface area contributed by atoms with E-state index in [-0.39, 0.29) is 0 Å². The number of anilines is 2. The van der Waals surface area contributed by atoms with Crippen LogP contribution in [0.1, 0.15) is 0 Å². The summed E-state index contributed by atoms with van der Waals surface area (Å²) in [4.78, 5) is 0. The van der Waals surface area contributed by atoms with Crippen LogP contribution in [0, 0.1) is 0 Å². The van der Waals surface area contributed by atoms with Crippen LogP contribution in [0.25, 0.3) is 30.9 Å². The minimum Gasteiger partial charge on any atom is -0.355 e. The molecule has 1 nitrogen and oxygen atoms in total. The molecule has 0 aliphatic heterocycles. The van der Waals surface area contributed by atoms with Crippen LogP contribution in [0.5, 0.6) is 0 Å². The molecule has 0 spiro atoms. The molecule has 114 valence electrons. The van der Waals surface area contributed by atoms with Gasteiger partial charge in [-0.05, 0) is 35.0 Å². The number of benzene rings is 4. The van der Waals surface area contributed by atoms with Gasteiger partial charge in [0.2, 0.25) is 0 Å². The van der Waals surface area contributed by atoms with E-state index in [0.717, 1.165) is 11.4 Å². The van der Waals surface area contributed by atoms with E-state index in [1.165, 1.54) is 30.9 Å². The smallest absolute Gasteiger partial charge is 0.0433 e. The Kier molecular flexibility index (Phi) is 3.03. The van der Waals surface area contributed by atoms with E-state index in [1.807, 2.05) is 29.5 Å². The van der Waals surface area contributed by atoms with Crippen molar-refractivity contribution < 1.29 is 0 Å². The van der Waals surface area contributed by atoms with Crippen LogP contribution in [0.2, 0.25) is 0 Å². The number of hydrogen-bond donors (Lipinski definition) is 1. The molecule has 0 unspecified atom stereocenters. The first-order valence-corrected chi connectivity index (χ1v) is 8.86. The second kappa shape index (κ2) is 5.36. The first-order valence-electron chi connectivity index (χ1n) is 8.04. The molecule has 0 fully saturated rings. The Morgan fingerprint density at radius 2 is 1.38 bits per heavy atom. The summed E-state index contributed by atoms with van der Waals surface area (Å²) in [5.74, 6) is 0. The molecule has 1 N–H and O–H groups in total. The number of rotatable bonds is 2. The summed E-state index contributed by atoms with van der Waals surface area (Å²) >= 11 is 1.88. The van der Waals surface area contributed by atoms with Gasteiger partial charge >= 0.3 is 0 Å². The molecular formula is C22H15NS. The topological polar surface area (TPSA) is 12.0 Å². The highest BCUT2D eigenvalue weighted by Gasteiger charge is 2.08. The quantitative estimate of drug-likeness (QED) is 0.370. The molecule has 0 amide bonds. The van der Waals surface area contributed by atoms with Crippen LogP contribution in [0.15, 0.2) is 84.9 Å². The molecule has 0 radical (unpaired) electrons. The molecule has 0 atom stereocenters. The van der Waals surface area contributed by atoms with E-state index in [0.29, 0.717) is 0 Å². The molecule has 1 aromatic heterocycles. The Morgan fingerprint density at radius 3 is 2.29 bits per heavy atom. The largest absolute Gasteiger partial charge is 0.355 e. The van der Waals surface area contributed by atoms with Crippen LogP contribution in [-0.4, -0.2) is 0 Å². The molecule has 5 aromatic rings. The fourth-order valence-corrected chi connectivity index (χ4v) is 4.55. The lowest BCUT2D eigenvalue weighted by Crippen LogP contribution is -1.88. The Hall–Kier alpha value is -2.84. The molecule has 0 saturated heterocycles. The third-order valence-electron chi connectivity index (χ3n) is 4.43. The van der Waals surface area contributed by atoms with Crippen molar-refractivity contribution in [1.82, 2.24) is 0 Å². The Bertz CT molecular complexity index is 1170. The van der Waals surface area contributed by atoms with Gasteiger partial charge in [-0.15, -0.1) is 11.3 Å². The summed E-state index contributed by atoms with van der Waals surface area (Å²) in [7, 11) is 0. The Balaban J connectivity index is 1.69. The van der Waals surface area contributed by atoms with Crippen molar-refractivity contribution in [2.45, 2.75) is 0 Å². The third kappa shape index (κ3) is 2.15. The maximum absolute atomic E-state index is 3.48. The van der Waals surface area contributed by atoms with E-state index in [4.69, 9.17) is 0 Å². The number of hydrogen-bond acceptors (Lipinski definition) is 2. The molecule has 5 rings (SSSR count). The normalized spacial score (nSPS) is 11.3. The van der Waals surface area contributed by atoms with Crippen molar-refractivity contribution in [3.05, 3.63) is 84.9 Å². The minimum atomic E-state index is 1.11. The Morgan fingerprint density at radius 1 is 0.583 bits per heavy atom. The lowest BCUT2D eigenvalue weighted by Gasteiger charge is -2.06. The predicted octanol–water partition coefficient (Wildman–Crippen LogP) is 6.95. The van der Waals surface area contributed by atoms with Crippen LogP contribution in [0.4, 0.5) is 11.4 Å². The molecule has 0 bridgehead atoms. The van der Waals surface area contributed by atoms with E-state index in [9.17, 15) is 0 Å². The standard InChI is InChI=1S/C22H15NS/c1-2-7-16(8-3-1)23-17-11-13-19-20-12-10-15-6-4-5-9-18(15)22(20)24-21(19)14-17/h1-14,23H. The third-order valence-corrected chi connectivity index (χ3v) is 5.63. The molecule has 0 saturated carbocycles. The van der Waals surface area contributed by atoms with Crippen molar-refractivity contribution >= 4 is 53.7 Å². The van der Waals surface area contributed by atoms with Gasteiger partial charge in [-0.25, -0.2) is 0 Å². The summed E-state index contributed by atoms with van der Waals surface area (Å²) in [5.41, 5.74) is 2.24. The average molecular weight is 325 g/mol. The van der Waals surface area contributed by atoms with Gasteiger partial charge in [-0.2, -0.15) is 0 Å². The zero-order valence-corrected chi connectivity index (χ0v) is 13.8. The molecule has 0 aliphatic carbocycles. The SMILES string of the molecule is c1ccc(Nc2ccc3c(c2)sc2c4ccccc4ccc32)cc1. The van der Waals surface area contributed by atoms with Gasteiger partial charge in [-0.3, -0.25) is 0 Å². The van der Waals surface area contributed by atoms with Crippen LogP contribution in [0.3, 0.4) is 0 Å². The molecule has 4 aromatic carbocycles. The maximum Gasteiger partial charge on any atom is 0.0433 e. The fourth-order valence-electron chi connectivity index (χ4n) is 3.27. The van der Waals surface area contributed by atoms with Crippen LogP contribution >= 0.6 is 11.3 Å². The lowest BCUT2D eigenvalue weighted by atomic mass is 10.1. The highest BCUT2D eigenvalue weighted by Crippen LogP contribution is 2.39. The molecular weight excluding hydrogens is 310 g/mol. The second-order valence-corrected chi connectivity index (χ2v) is 7.02. The van der Waals surface area contributed by atoms with Crippen LogP contribution in [-0.2, 0) is 0 Å². The maximum atomic E-state index is 3.48. The number of thiophene rings is 1. The van der Waals surface area contributed by atoms with Gasteiger partial charge in [0.1, 0.15) is 0 Å².